The van der Waals surface area contributed by atoms with E-state index in [0.717, 1.165) is 30.7 Å². The van der Waals surface area contributed by atoms with Crippen molar-refractivity contribution >= 4 is 46.2 Å². The van der Waals surface area contributed by atoms with E-state index in [2.05, 4.69) is 5.32 Å². The van der Waals surface area contributed by atoms with Crippen molar-refractivity contribution in [1.29, 1.82) is 0 Å². The summed E-state index contributed by atoms with van der Waals surface area (Å²) in [4.78, 5) is 32.1. The molecular weight excluding hydrogens is 378 g/mol. The predicted molar refractivity (Wildman–Crippen MR) is 110 cm³/mol. The zero-order chi connectivity index (χ0) is 19.7. The summed E-state index contributed by atoms with van der Waals surface area (Å²) in [6.45, 7) is -0.0845. The minimum absolute atomic E-state index is 0.0656. The summed E-state index contributed by atoms with van der Waals surface area (Å²) < 4.78 is 5.12. The largest absolute Gasteiger partial charge is 0.495 e. The molecule has 0 bridgehead atoms. The van der Waals surface area contributed by atoms with Crippen LogP contribution in [0, 0.1) is 5.92 Å². The lowest BCUT2D eigenvalue weighted by atomic mass is 10.1. The first-order valence-corrected chi connectivity index (χ1v) is 9.56. The Hall–Kier alpha value is -2.86. The Balaban J connectivity index is 1.57. The number of methoxy groups -OCH3 is 1. The summed E-state index contributed by atoms with van der Waals surface area (Å²) in [5.41, 5.74) is 2.86. The Morgan fingerprint density at radius 3 is 2.93 bits per heavy atom. The van der Waals surface area contributed by atoms with Gasteiger partial charge in [0, 0.05) is 11.4 Å². The van der Waals surface area contributed by atoms with Gasteiger partial charge in [-0.3, -0.25) is 14.6 Å². The molecular formula is C21H20ClN3O3. The van der Waals surface area contributed by atoms with Crippen LogP contribution < -0.4 is 15.0 Å². The zero-order valence-electron chi connectivity index (χ0n) is 15.4. The molecule has 1 aliphatic carbocycles. The lowest BCUT2D eigenvalue weighted by Crippen LogP contribution is -2.41. The Bertz CT molecular complexity index is 973. The molecule has 2 aliphatic rings. The molecule has 0 spiro atoms. The first-order chi connectivity index (χ1) is 13.6. The zero-order valence-corrected chi connectivity index (χ0v) is 16.2. The highest BCUT2D eigenvalue weighted by atomic mass is 35.5. The number of aliphatic imine (C=N–C) groups is 1. The maximum atomic E-state index is 13.1. The van der Waals surface area contributed by atoms with Crippen LogP contribution in [0.25, 0.3) is 0 Å². The molecule has 28 heavy (non-hydrogen) atoms. The van der Waals surface area contributed by atoms with Crippen molar-refractivity contribution in [1.82, 2.24) is 0 Å². The Morgan fingerprint density at radius 2 is 2.14 bits per heavy atom. The van der Waals surface area contributed by atoms with Crippen LogP contribution in [-0.2, 0) is 9.59 Å². The van der Waals surface area contributed by atoms with E-state index in [1.54, 1.807) is 23.1 Å². The van der Waals surface area contributed by atoms with Gasteiger partial charge < -0.3 is 15.0 Å². The third kappa shape index (κ3) is 3.47. The summed E-state index contributed by atoms with van der Waals surface area (Å²) in [5.74, 6) is -0.0761. The second-order valence-electron chi connectivity index (χ2n) is 6.86. The number of halogens is 1. The number of benzene rings is 2. The molecule has 2 amide bonds. The smallest absolute Gasteiger partial charge is 0.244 e. The number of para-hydroxylation sites is 2. The number of hydrogen-bond donors (Lipinski definition) is 1. The Morgan fingerprint density at radius 1 is 1.32 bits per heavy atom. The molecule has 0 unspecified atom stereocenters. The Kier molecular flexibility index (Phi) is 5.05. The predicted octanol–water partition coefficient (Wildman–Crippen LogP) is 4.21. The molecule has 2 aromatic carbocycles. The van der Waals surface area contributed by atoms with Crippen molar-refractivity contribution in [3.63, 3.8) is 0 Å². The van der Waals surface area contributed by atoms with Crippen LogP contribution >= 0.6 is 11.6 Å². The lowest BCUT2D eigenvalue weighted by molar-refractivity contribution is -0.122. The standard InChI is InChI=1S/C21H20ClN3O3/c1-28-19-10-9-13(11-15(19)22)23-20(26)12-25-18-8-3-2-6-17(18)24-16-7-4-5-14(16)21(25)27/h2-3,6,8-11,14H,4-5,7,12H2,1H3,(H,23,26)/t14-/m1/s1. The molecule has 0 radical (unpaired) electrons. The summed E-state index contributed by atoms with van der Waals surface area (Å²) >= 11 is 6.12. The minimum Gasteiger partial charge on any atom is -0.495 e. The number of carbonyl (C=O) groups excluding carboxylic acids is 2. The van der Waals surface area contributed by atoms with Gasteiger partial charge in [-0.05, 0) is 49.6 Å². The number of anilines is 2. The highest BCUT2D eigenvalue weighted by molar-refractivity contribution is 6.32. The molecule has 1 saturated carbocycles. The molecule has 1 fully saturated rings. The van der Waals surface area contributed by atoms with Gasteiger partial charge in [-0.1, -0.05) is 23.7 Å². The molecule has 0 aromatic heterocycles. The van der Waals surface area contributed by atoms with Crippen LogP contribution in [-0.4, -0.2) is 31.2 Å². The number of carbonyl (C=O) groups is 2. The lowest BCUT2D eigenvalue weighted by Gasteiger charge is -2.24. The first kappa shape index (κ1) is 18.5. The van der Waals surface area contributed by atoms with E-state index in [1.165, 1.54) is 7.11 Å². The fourth-order valence-corrected chi connectivity index (χ4v) is 3.99. The molecule has 7 heteroatoms. The number of fused-ring (bicyclic) bond motifs is 2. The van der Waals surface area contributed by atoms with Gasteiger partial charge in [-0.25, -0.2) is 0 Å². The molecule has 144 valence electrons. The number of amides is 2. The van der Waals surface area contributed by atoms with E-state index in [4.69, 9.17) is 21.3 Å². The SMILES string of the molecule is COc1ccc(NC(=O)CN2C(=O)[C@@H]3CCCC3=Nc3ccccc32)cc1Cl. The van der Waals surface area contributed by atoms with Gasteiger partial charge in [0.1, 0.15) is 12.3 Å². The normalized spacial score (nSPS) is 18.1. The Labute approximate surface area is 168 Å². The average Bonchev–Trinajstić information content (AvgIpc) is 3.11. The van der Waals surface area contributed by atoms with E-state index in [-0.39, 0.29) is 24.3 Å². The van der Waals surface area contributed by atoms with Crippen molar-refractivity contribution in [3.8, 4) is 5.75 Å². The maximum Gasteiger partial charge on any atom is 0.244 e. The van der Waals surface area contributed by atoms with E-state index >= 15 is 0 Å². The van der Waals surface area contributed by atoms with Crippen molar-refractivity contribution in [2.45, 2.75) is 19.3 Å². The summed E-state index contributed by atoms with van der Waals surface area (Å²) in [6, 6.07) is 12.5. The minimum atomic E-state index is -0.300. The van der Waals surface area contributed by atoms with Crippen molar-refractivity contribution < 1.29 is 14.3 Å². The van der Waals surface area contributed by atoms with Crippen molar-refractivity contribution in [2.75, 3.05) is 23.9 Å². The summed E-state index contributed by atoms with van der Waals surface area (Å²) in [7, 11) is 1.53. The molecule has 1 heterocycles. The van der Waals surface area contributed by atoms with Crippen LogP contribution in [0.5, 0.6) is 5.75 Å². The quantitative estimate of drug-likeness (QED) is 0.840. The van der Waals surface area contributed by atoms with Crippen LogP contribution in [0.15, 0.2) is 47.5 Å². The fraction of sp³-hybridized carbons (Fsp3) is 0.286. The molecule has 1 atom stereocenters. The highest BCUT2D eigenvalue weighted by Crippen LogP contribution is 2.37. The van der Waals surface area contributed by atoms with Gasteiger partial charge in [0.2, 0.25) is 11.8 Å². The number of nitrogens with one attached hydrogen (secondary N) is 1. The monoisotopic (exact) mass is 397 g/mol. The van der Waals surface area contributed by atoms with Crippen LogP contribution in [0.4, 0.5) is 17.1 Å². The van der Waals surface area contributed by atoms with Crippen LogP contribution in [0.3, 0.4) is 0 Å². The van der Waals surface area contributed by atoms with Gasteiger partial charge in [0.15, 0.2) is 0 Å². The average molecular weight is 398 g/mol. The third-order valence-corrected chi connectivity index (χ3v) is 5.36. The van der Waals surface area contributed by atoms with Crippen molar-refractivity contribution in [2.24, 2.45) is 10.9 Å². The molecule has 1 N–H and O–H groups in total. The second kappa shape index (κ2) is 7.64. The number of ether oxygens (including phenoxy) is 1. The van der Waals surface area contributed by atoms with Gasteiger partial charge in [0.05, 0.1) is 29.4 Å². The molecule has 1 aliphatic heterocycles. The number of nitrogens with zero attached hydrogens (tertiary/aromatic N) is 2. The summed E-state index contributed by atoms with van der Waals surface area (Å²) in [5, 5.41) is 3.21. The maximum absolute atomic E-state index is 13.1. The van der Waals surface area contributed by atoms with E-state index in [9.17, 15) is 9.59 Å². The molecule has 2 aromatic rings. The molecule has 0 saturated heterocycles. The van der Waals surface area contributed by atoms with Crippen LogP contribution in [0.1, 0.15) is 19.3 Å². The molecule has 6 nitrogen and oxygen atoms in total. The summed E-state index contributed by atoms with van der Waals surface area (Å²) in [6.07, 6.45) is 2.55. The van der Waals surface area contributed by atoms with Crippen LogP contribution in [0.2, 0.25) is 5.02 Å². The topological polar surface area (TPSA) is 71.0 Å². The van der Waals surface area contributed by atoms with E-state index in [0.29, 0.717) is 22.1 Å². The van der Waals surface area contributed by atoms with Gasteiger partial charge in [-0.2, -0.15) is 0 Å². The first-order valence-electron chi connectivity index (χ1n) is 9.18. The highest BCUT2D eigenvalue weighted by Gasteiger charge is 2.37. The van der Waals surface area contributed by atoms with Gasteiger partial charge >= 0.3 is 0 Å². The van der Waals surface area contributed by atoms with E-state index in [1.807, 2.05) is 24.3 Å². The van der Waals surface area contributed by atoms with Gasteiger partial charge in [0.25, 0.3) is 0 Å². The fourth-order valence-electron chi connectivity index (χ4n) is 3.73. The van der Waals surface area contributed by atoms with E-state index < -0.39 is 0 Å². The van der Waals surface area contributed by atoms with Crippen molar-refractivity contribution in [3.05, 3.63) is 47.5 Å². The number of rotatable bonds is 4. The van der Waals surface area contributed by atoms with Gasteiger partial charge in [-0.15, -0.1) is 0 Å². The molecule has 4 rings (SSSR count). The second-order valence-corrected chi connectivity index (χ2v) is 7.27. The number of hydrogen-bond acceptors (Lipinski definition) is 4. The third-order valence-electron chi connectivity index (χ3n) is 5.07.